The number of benzene rings is 1. The third-order valence-corrected chi connectivity index (χ3v) is 4.49. The number of piperazine rings is 1. The van der Waals surface area contributed by atoms with E-state index in [9.17, 15) is 14.4 Å². The smallest absolute Gasteiger partial charge is 0.328 e. The van der Waals surface area contributed by atoms with Gasteiger partial charge in [-0.1, -0.05) is 23.7 Å². The second kappa shape index (κ2) is 6.52. The van der Waals surface area contributed by atoms with Crippen molar-refractivity contribution in [2.75, 3.05) is 31.1 Å². The lowest BCUT2D eigenvalue weighted by atomic mass is 10.2. The fourth-order valence-electron chi connectivity index (χ4n) is 2.75. The van der Waals surface area contributed by atoms with Crippen LogP contribution in [0.2, 0.25) is 5.02 Å². The molecule has 1 aromatic carbocycles. The molecule has 126 valence electrons. The summed E-state index contributed by atoms with van der Waals surface area (Å²) in [6, 6.07) is 7.57. The lowest BCUT2D eigenvalue weighted by Crippen LogP contribution is -2.50. The minimum atomic E-state index is -0.586. The van der Waals surface area contributed by atoms with Crippen LogP contribution in [0.25, 0.3) is 0 Å². The molecule has 0 radical (unpaired) electrons. The standard InChI is InChI=1S/C16H17ClN4O3/c1-19-14(22)11(10-18-16(19)24)15(23)21-8-6-20(7-9-21)13-5-3-2-4-12(13)17/h2-5,10H,6-9H2,1H3,(H,18,24). The number of nitrogens with one attached hydrogen (secondary N) is 1. The molecular formula is C16H17ClN4O3. The van der Waals surface area contributed by atoms with Crippen molar-refractivity contribution in [3.63, 3.8) is 0 Å². The Bertz CT molecular complexity index is 881. The number of carbonyl (C=O) groups excluding carboxylic acids is 1. The van der Waals surface area contributed by atoms with Gasteiger partial charge < -0.3 is 14.8 Å². The van der Waals surface area contributed by atoms with E-state index in [4.69, 9.17) is 11.6 Å². The Kier molecular flexibility index (Phi) is 4.44. The number of hydrogen-bond donors (Lipinski definition) is 1. The van der Waals surface area contributed by atoms with Crippen LogP contribution in [0.15, 0.2) is 40.1 Å². The molecule has 1 aliphatic rings. The average Bonchev–Trinajstić information content (AvgIpc) is 2.60. The number of amides is 1. The number of para-hydroxylation sites is 1. The van der Waals surface area contributed by atoms with E-state index in [1.54, 1.807) is 4.90 Å². The molecule has 0 saturated carbocycles. The van der Waals surface area contributed by atoms with Crippen molar-refractivity contribution in [3.8, 4) is 0 Å². The van der Waals surface area contributed by atoms with Gasteiger partial charge in [-0.15, -0.1) is 0 Å². The summed E-state index contributed by atoms with van der Waals surface area (Å²) in [5.74, 6) is -0.370. The van der Waals surface area contributed by atoms with Crippen LogP contribution in [-0.4, -0.2) is 46.5 Å². The molecule has 0 atom stereocenters. The fraction of sp³-hybridized carbons (Fsp3) is 0.312. The van der Waals surface area contributed by atoms with Crippen molar-refractivity contribution in [2.45, 2.75) is 0 Å². The number of H-pyrrole nitrogens is 1. The largest absolute Gasteiger partial charge is 0.367 e. The van der Waals surface area contributed by atoms with Gasteiger partial charge in [0.05, 0.1) is 10.7 Å². The second-order valence-electron chi connectivity index (χ2n) is 5.60. The van der Waals surface area contributed by atoms with E-state index in [1.165, 1.54) is 13.2 Å². The predicted octanol–water partition coefficient (Wildman–Crippen LogP) is 0.689. The molecule has 7 nitrogen and oxygen atoms in total. The Labute approximate surface area is 143 Å². The van der Waals surface area contributed by atoms with E-state index in [0.717, 1.165) is 10.3 Å². The van der Waals surface area contributed by atoms with Crippen LogP contribution in [0, 0.1) is 0 Å². The zero-order valence-corrected chi connectivity index (χ0v) is 13.9. The molecule has 0 aliphatic carbocycles. The molecule has 1 saturated heterocycles. The molecule has 1 aromatic heterocycles. The first kappa shape index (κ1) is 16.3. The first-order valence-electron chi connectivity index (χ1n) is 7.56. The van der Waals surface area contributed by atoms with Crippen LogP contribution < -0.4 is 16.1 Å². The molecule has 0 unspecified atom stereocenters. The van der Waals surface area contributed by atoms with Crippen molar-refractivity contribution in [1.82, 2.24) is 14.5 Å². The second-order valence-corrected chi connectivity index (χ2v) is 6.01. The van der Waals surface area contributed by atoms with Gasteiger partial charge in [0.15, 0.2) is 0 Å². The lowest BCUT2D eigenvalue weighted by molar-refractivity contribution is 0.0743. The van der Waals surface area contributed by atoms with Gasteiger partial charge in [-0.05, 0) is 12.1 Å². The summed E-state index contributed by atoms with van der Waals surface area (Å²) in [5, 5.41) is 0.673. The van der Waals surface area contributed by atoms with Gasteiger partial charge in [-0.2, -0.15) is 0 Å². The normalized spacial score (nSPS) is 14.8. The van der Waals surface area contributed by atoms with Gasteiger partial charge in [-0.25, -0.2) is 4.79 Å². The Morgan fingerprint density at radius 2 is 1.79 bits per heavy atom. The molecule has 3 rings (SSSR count). The molecule has 0 spiro atoms. The van der Waals surface area contributed by atoms with Crippen LogP contribution in [0.5, 0.6) is 0 Å². The fourth-order valence-corrected chi connectivity index (χ4v) is 3.00. The number of rotatable bonds is 2. The predicted molar refractivity (Wildman–Crippen MR) is 91.9 cm³/mol. The van der Waals surface area contributed by atoms with Gasteiger partial charge in [0.25, 0.3) is 11.5 Å². The third kappa shape index (κ3) is 2.94. The van der Waals surface area contributed by atoms with E-state index in [1.807, 2.05) is 24.3 Å². The molecule has 0 bridgehead atoms. The van der Waals surface area contributed by atoms with Crippen LogP contribution in [-0.2, 0) is 7.05 Å². The summed E-state index contributed by atoms with van der Waals surface area (Å²) in [6.45, 7) is 2.21. The molecule has 2 heterocycles. The average molecular weight is 349 g/mol. The summed E-state index contributed by atoms with van der Waals surface area (Å²) in [5.41, 5.74) is -0.216. The third-order valence-electron chi connectivity index (χ3n) is 4.17. The Morgan fingerprint density at radius 3 is 2.46 bits per heavy atom. The van der Waals surface area contributed by atoms with Crippen LogP contribution in [0.1, 0.15) is 10.4 Å². The highest BCUT2D eigenvalue weighted by Crippen LogP contribution is 2.26. The topological polar surface area (TPSA) is 78.4 Å². The Balaban J connectivity index is 1.74. The first-order valence-corrected chi connectivity index (χ1v) is 7.94. The van der Waals surface area contributed by atoms with Crippen molar-refractivity contribution in [2.24, 2.45) is 7.05 Å². The minimum absolute atomic E-state index is 0.0247. The Morgan fingerprint density at radius 1 is 1.12 bits per heavy atom. The molecule has 1 N–H and O–H groups in total. The number of anilines is 1. The highest BCUT2D eigenvalue weighted by Gasteiger charge is 2.25. The molecule has 1 fully saturated rings. The molecule has 24 heavy (non-hydrogen) atoms. The number of halogens is 1. The number of nitrogens with zero attached hydrogens (tertiary/aromatic N) is 3. The van der Waals surface area contributed by atoms with E-state index < -0.39 is 11.2 Å². The zero-order valence-electron chi connectivity index (χ0n) is 13.2. The highest BCUT2D eigenvalue weighted by molar-refractivity contribution is 6.33. The summed E-state index contributed by atoms with van der Waals surface area (Å²) < 4.78 is 0.896. The minimum Gasteiger partial charge on any atom is -0.367 e. The SMILES string of the molecule is Cn1c(=O)[nH]cc(C(=O)N2CCN(c3ccccc3Cl)CC2)c1=O. The summed E-state index contributed by atoms with van der Waals surface area (Å²) >= 11 is 6.21. The number of hydrogen-bond acceptors (Lipinski definition) is 4. The van der Waals surface area contributed by atoms with E-state index in [0.29, 0.717) is 31.2 Å². The molecule has 1 aliphatic heterocycles. The number of carbonyl (C=O) groups is 1. The lowest BCUT2D eigenvalue weighted by Gasteiger charge is -2.36. The van der Waals surface area contributed by atoms with Crippen molar-refractivity contribution >= 4 is 23.2 Å². The number of aromatic amines is 1. The molecule has 1 amide bonds. The molecule has 8 heteroatoms. The van der Waals surface area contributed by atoms with Gasteiger partial charge in [-0.3, -0.25) is 14.2 Å². The monoisotopic (exact) mass is 348 g/mol. The van der Waals surface area contributed by atoms with Gasteiger partial charge in [0.2, 0.25) is 0 Å². The summed E-state index contributed by atoms with van der Waals surface area (Å²) in [7, 11) is 1.34. The van der Waals surface area contributed by atoms with E-state index in [-0.39, 0.29) is 11.5 Å². The maximum Gasteiger partial charge on any atom is 0.328 e. The van der Waals surface area contributed by atoms with Crippen molar-refractivity contribution < 1.29 is 4.79 Å². The summed E-state index contributed by atoms with van der Waals surface area (Å²) in [6.07, 6.45) is 1.19. The van der Waals surface area contributed by atoms with Crippen LogP contribution in [0.3, 0.4) is 0 Å². The quantitative estimate of drug-likeness (QED) is 0.866. The van der Waals surface area contributed by atoms with E-state index >= 15 is 0 Å². The first-order chi connectivity index (χ1) is 11.5. The van der Waals surface area contributed by atoms with Crippen LogP contribution >= 0.6 is 11.6 Å². The zero-order chi connectivity index (χ0) is 17.3. The number of aromatic nitrogens is 2. The maximum absolute atomic E-state index is 12.5. The van der Waals surface area contributed by atoms with Crippen molar-refractivity contribution in [1.29, 1.82) is 0 Å². The van der Waals surface area contributed by atoms with Gasteiger partial charge in [0, 0.05) is 39.4 Å². The maximum atomic E-state index is 12.5. The summed E-state index contributed by atoms with van der Waals surface area (Å²) in [4.78, 5) is 42.1. The molecule has 2 aromatic rings. The van der Waals surface area contributed by atoms with E-state index in [2.05, 4.69) is 9.88 Å². The van der Waals surface area contributed by atoms with Crippen LogP contribution in [0.4, 0.5) is 5.69 Å². The highest BCUT2D eigenvalue weighted by atomic mass is 35.5. The van der Waals surface area contributed by atoms with Gasteiger partial charge in [0.1, 0.15) is 5.56 Å². The van der Waals surface area contributed by atoms with Crippen molar-refractivity contribution in [3.05, 3.63) is 61.9 Å². The van der Waals surface area contributed by atoms with Gasteiger partial charge >= 0.3 is 5.69 Å². The Hall–Kier alpha value is -2.54. The molecular weight excluding hydrogens is 332 g/mol.